The molecule has 0 aromatic heterocycles. The molecule has 1 saturated carbocycles. The lowest BCUT2D eigenvalue weighted by atomic mass is 9.96. The van der Waals surface area contributed by atoms with E-state index < -0.39 is 6.61 Å². The van der Waals surface area contributed by atoms with Crippen molar-refractivity contribution in [3.05, 3.63) is 29.8 Å². The highest BCUT2D eigenvalue weighted by Crippen LogP contribution is 2.21. The predicted octanol–water partition coefficient (Wildman–Crippen LogP) is 2.83. The number of halogens is 2. The lowest BCUT2D eigenvalue weighted by molar-refractivity contribution is -0.0498. The number of aliphatic imine (C=N–C) groups is 1. The number of rotatable bonds is 4. The summed E-state index contributed by atoms with van der Waals surface area (Å²) in [5.74, 6) is 6.22. The van der Waals surface area contributed by atoms with Gasteiger partial charge in [-0.1, -0.05) is 19.3 Å². The predicted molar refractivity (Wildman–Crippen MR) is 73.8 cm³/mol. The molecule has 110 valence electrons. The summed E-state index contributed by atoms with van der Waals surface area (Å²) in [5.41, 5.74) is 3.35. The monoisotopic (exact) mass is 283 g/mol. The van der Waals surface area contributed by atoms with E-state index in [-0.39, 0.29) is 11.8 Å². The van der Waals surface area contributed by atoms with Crippen LogP contribution in [0.25, 0.3) is 0 Å². The third kappa shape index (κ3) is 4.16. The number of hydrogen-bond donors (Lipinski definition) is 2. The topological polar surface area (TPSA) is 59.6 Å². The minimum absolute atomic E-state index is 0.123. The van der Waals surface area contributed by atoms with Crippen LogP contribution in [0.1, 0.15) is 37.7 Å². The molecule has 6 heteroatoms. The standard InChI is InChI=1S/C14H19F2N3O/c15-14(16)20-12-8-6-10(7-9-12)13(19-17)18-11-4-2-1-3-5-11/h6-9,11,14H,1-5,17H2,(H,18,19). The van der Waals surface area contributed by atoms with Crippen LogP contribution in [0.5, 0.6) is 5.75 Å². The van der Waals surface area contributed by atoms with Gasteiger partial charge in [0.25, 0.3) is 0 Å². The zero-order valence-electron chi connectivity index (χ0n) is 11.2. The van der Waals surface area contributed by atoms with Gasteiger partial charge in [-0.3, -0.25) is 4.99 Å². The number of hydrogen-bond acceptors (Lipinski definition) is 3. The van der Waals surface area contributed by atoms with Gasteiger partial charge in [-0.05, 0) is 37.1 Å². The van der Waals surface area contributed by atoms with Crippen molar-refractivity contribution in [2.24, 2.45) is 10.8 Å². The molecule has 0 saturated heterocycles. The first-order chi connectivity index (χ1) is 9.69. The van der Waals surface area contributed by atoms with Crippen LogP contribution in [0.3, 0.4) is 0 Å². The number of ether oxygens (including phenoxy) is 1. The highest BCUT2D eigenvalue weighted by molar-refractivity contribution is 5.98. The van der Waals surface area contributed by atoms with Gasteiger partial charge in [-0.25, -0.2) is 5.84 Å². The van der Waals surface area contributed by atoms with E-state index in [4.69, 9.17) is 5.84 Å². The van der Waals surface area contributed by atoms with Crippen molar-refractivity contribution in [1.29, 1.82) is 0 Å². The lowest BCUT2D eigenvalue weighted by Gasteiger charge is -2.19. The summed E-state index contributed by atoms with van der Waals surface area (Å²) in [5, 5.41) is 0. The van der Waals surface area contributed by atoms with Crippen LogP contribution in [0, 0.1) is 0 Å². The molecule has 0 heterocycles. The molecule has 1 aromatic rings. The number of nitrogens with zero attached hydrogens (tertiary/aromatic N) is 1. The van der Waals surface area contributed by atoms with Gasteiger partial charge in [0.2, 0.25) is 0 Å². The molecule has 20 heavy (non-hydrogen) atoms. The molecule has 3 N–H and O–H groups in total. The summed E-state index contributed by atoms with van der Waals surface area (Å²) < 4.78 is 28.5. The van der Waals surface area contributed by atoms with Gasteiger partial charge in [0, 0.05) is 5.56 Å². The molecule has 1 aliphatic rings. The summed E-state index contributed by atoms with van der Waals surface area (Å²) >= 11 is 0. The highest BCUT2D eigenvalue weighted by Gasteiger charge is 2.14. The smallest absolute Gasteiger partial charge is 0.387 e. The molecule has 2 rings (SSSR count). The van der Waals surface area contributed by atoms with Gasteiger partial charge in [0.15, 0.2) is 0 Å². The number of amidine groups is 1. The summed E-state index contributed by atoms with van der Waals surface area (Å²) in [4.78, 5) is 4.61. The molecule has 0 bridgehead atoms. The number of nitrogens with one attached hydrogen (secondary N) is 1. The average molecular weight is 283 g/mol. The maximum Gasteiger partial charge on any atom is 0.387 e. The van der Waals surface area contributed by atoms with Crippen LogP contribution in [0.2, 0.25) is 0 Å². The Kier molecular flexibility index (Phi) is 5.29. The van der Waals surface area contributed by atoms with Crippen LogP contribution < -0.4 is 16.0 Å². The third-order valence-corrected chi connectivity index (χ3v) is 3.38. The SMILES string of the molecule is NNC(=NC1CCCCC1)c1ccc(OC(F)F)cc1. The van der Waals surface area contributed by atoms with Crippen molar-refractivity contribution >= 4 is 5.84 Å². The van der Waals surface area contributed by atoms with Gasteiger partial charge in [0.1, 0.15) is 11.6 Å². The van der Waals surface area contributed by atoms with Gasteiger partial charge >= 0.3 is 6.61 Å². The fraction of sp³-hybridized carbons (Fsp3) is 0.500. The second kappa shape index (κ2) is 7.19. The highest BCUT2D eigenvalue weighted by atomic mass is 19.3. The molecule has 0 unspecified atom stereocenters. The Morgan fingerprint density at radius 2 is 1.85 bits per heavy atom. The Balaban J connectivity index is 2.08. The molecule has 0 aliphatic heterocycles. The van der Waals surface area contributed by atoms with Crippen LogP contribution in [-0.2, 0) is 0 Å². The molecule has 0 amide bonds. The number of nitrogens with two attached hydrogens (primary N) is 1. The molecule has 1 aliphatic carbocycles. The Labute approximate surface area is 117 Å². The van der Waals surface area contributed by atoms with Gasteiger partial charge in [0.05, 0.1) is 6.04 Å². The summed E-state index contributed by atoms with van der Waals surface area (Å²) in [6.45, 7) is -2.82. The maximum absolute atomic E-state index is 12.1. The Morgan fingerprint density at radius 1 is 1.20 bits per heavy atom. The number of hydrazine groups is 1. The first kappa shape index (κ1) is 14.7. The van der Waals surface area contributed by atoms with Crippen molar-refractivity contribution in [1.82, 2.24) is 5.43 Å². The second-order valence-electron chi connectivity index (χ2n) is 4.82. The van der Waals surface area contributed by atoms with Gasteiger partial charge < -0.3 is 10.2 Å². The molecule has 0 atom stereocenters. The van der Waals surface area contributed by atoms with Crippen LogP contribution in [0.4, 0.5) is 8.78 Å². The minimum atomic E-state index is -2.82. The minimum Gasteiger partial charge on any atom is -0.435 e. The van der Waals surface area contributed by atoms with E-state index in [0.717, 1.165) is 18.4 Å². The molecule has 0 radical (unpaired) electrons. The molecule has 4 nitrogen and oxygen atoms in total. The first-order valence-electron chi connectivity index (χ1n) is 6.78. The fourth-order valence-corrected chi connectivity index (χ4v) is 2.38. The molecule has 1 fully saturated rings. The summed E-state index contributed by atoms with van der Waals surface area (Å²) in [6, 6.07) is 6.58. The first-order valence-corrected chi connectivity index (χ1v) is 6.78. The molecular formula is C14H19F2N3O. The van der Waals surface area contributed by atoms with E-state index in [1.54, 1.807) is 12.1 Å². The van der Waals surface area contributed by atoms with E-state index in [0.29, 0.717) is 5.84 Å². The van der Waals surface area contributed by atoms with E-state index in [2.05, 4.69) is 15.2 Å². The fourth-order valence-electron chi connectivity index (χ4n) is 2.38. The average Bonchev–Trinajstić information content (AvgIpc) is 2.46. The van der Waals surface area contributed by atoms with Crippen molar-refractivity contribution in [3.8, 4) is 5.75 Å². The van der Waals surface area contributed by atoms with Crippen molar-refractivity contribution in [3.63, 3.8) is 0 Å². The second-order valence-corrected chi connectivity index (χ2v) is 4.82. The Morgan fingerprint density at radius 3 is 2.40 bits per heavy atom. The molecule has 0 spiro atoms. The van der Waals surface area contributed by atoms with Crippen LogP contribution >= 0.6 is 0 Å². The van der Waals surface area contributed by atoms with E-state index in [1.807, 2.05) is 0 Å². The third-order valence-electron chi connectivity index (χ3n) is 3.38. The molecular weight excluding hydrogens is 264 g/mol. The molecule has 1 aromatic carbocycles. The van der Waals surface area contributed by atoms with Crippen LogP contribution in [-0.4, -0.2) is 18.5 Å². The van der Waals surface area contributed by atoms with E-state index in [9.17, 15) is 8.78 Å². The zero-order valence-corrected chi connectivity index (χ0v) is 11.2. The van der Waals surface area contributed by atoms with Crippen LogP contribution in [0.15, 0.2) is 29.3 Å². The van der Waals surface area contributed by atoms with E-state index in [1.165, 1.54) is 31.4 Å². The zero-order chi connectivity index (χ0) is 14.4. The Hall–Kier alpha value is -1.69. The van der Waals surface area contributed by atoms with E-state index >= 15 is 0 Å². The van der Waals surface area contributed by atoms with Crippen molar-refractivity contribution in [2.75, 3.05) is 0 Å². The van der Waals surface area contributed by atoms with Gasteiger partial charge in [-0.15, -0.1) is 0 Å². The van der Waals surface area contributed by atoms with Gasteiger partial charge in [-0.2, -0.15) is 8.78 Å². The number of alkyl halides is 2. The summed E-state index contributed by atoms with van der Waals surface area (Å²) in [7, 11) is 0. The lowest BCUT2D eigenvalue weighted by Crippen LogP contribution is -2.32. The maximum atomic E-state index is 12.1. The van der Waals surface area contributed by atoms with Crippen molar-refractivity contribution < 1.29 is 13.5 Å². The Bertz CT molecular complexity index is 442. The largest absolute Gasteiger partial charge is 0.435 e. The summed E-state index contributed by atoms with van der Waals surface area (Å²) in [6.07, 6.45) is 5.77. The quantitative estimate of drug-likeness (QED) is 0.386. The normalized spacial score (nSPS) is 17.3. The van der Waals surface area contributed by atoms with Crippen molar-refractivity contribution in [2.45, 2.75) is 44.8 Å². The number of benzene rings is 1.